The molecule has 0 N–H and O–H groups in total. The average molecular weight is 641 g/mol. The molecule has 0 amide bonds. The standard InChI is InChI=1S/C45H28N4O/c1-5-15-29(16-6-1)33-25-28-37(45-47-43(30-17-7-2-8-18-30)46-44(48-45)31-19-9-3-10-20-31)39-36-27-26-35-34-23-13-14-24-38(34)49(32-21-11-4-12-22-32)40(35)42(36)50-41(33)39/h1-28H. The van der Waals surface area contributed by atoms with Crippen LogP contribution in [-0.2, 0) is 0 Å². The molecule has 3 heterocycles. The van der Waals surface area contributed by atoms with Gasteiger partial charge in [-0.05, 0) is 42.0 Å². The van der Waals surface area contributed by atoms with Crippen molar-refractivity contribution in [2.24, 2.45) is 0 Å². The highest BCUT2D eigenvalue weighted by molar-refractivity contribution is 6.24. The average Bonchev–Trinajstić information content (AvgIpc) is 3.75. The molecule has 0 aliphatic rings. The SMILES string of the molecule is c1ccc(-c2nc(-c3ccccc3)nc(-c3ccc(-c4ccccc4)c4oc5c(ccc6c7ccccc7n(-c7ccccc7)c65)c34)n2)cc1. The fourth-order valence-corrected chi connectivity index (χ4v) is 7.19. The number of hydrogen-bond donors (Lipinski definition) is 0. The fourth-order valence-electron chi connectivity index (χ4n) is 7.19. The Morgan fingerprint density at radius 2 is 0.900 bits per heavy atom. The summed E-state index contributed by atoms with van der Waals surface area (Å²) >= 11 is 0. The van der Waals surface area contributed by atoms with Gasteiger partial charge in [0.15, 0.2) is 23.1 Å². The molecule has 5 heteroatoms. The number of nitrogens with zero attached hydrogens (tertiary/aromatic N) is 4. The van der Waals surface area contributed by atoms with Gasteiger partial charge in [0, 0.05) is 49.5 Å². The van der Waals surface area contributed by atoms with E-state index in [0.29, 0.717) is 17.5 Å². The van der Waals surface area contributed by atoms with Gasteiger partial charge in [0.1, 0.15) is 5.58 Å². The Bertz CT molecular complexity index is 2780. The number of para-hydroxylation sites is 2. The lowest BCUT2D eigenvalue weighted by Gasteiger charge is -2.10. The van der Waals surface area contributed by atoms with E-state index in [2.05, 4.69) is 108 Å². The summed E-state index contributed by atoms with van der Waals surface area (Å²) in [5.41, 5.74) is 9.68. The van der Waals surface area contributed by atoms with Crippen molar-refractivity contribution >= 4 is 43.7 Å². The predicted molar refractivity (Wildman–Crippen MR) is 203 cm³/mol. The van der Waals surface area contributed by atoms with E-state index >= 15 is 0 Å². The maximum absolute atomic E-state index is 7.14. The van der Waals surface area contributed by atoms with Crippen LogP contribution in [0.15, 0.2) is 174 Å². The Hall–Kier alpha value is -6.85. The van der Waals surface area contributed by atoms with Crippen LogP contribution in [0.4, 0.5) is 0 Å². The van der Waals surface area contributed by atoms with E-state index in [4.69, 9.17) is 19.4 Å². The lowest BCUT2D eigenvalue weighted by molar-refractivity contribution is 0.672. The third-order valence-corrected chi connectivity index (χ3v) is 9.46. The monoisotopic (exact) mass is 640 g/mol. The number of fused-ring (bicyclic) bond motifs is 7. The minimum Gasteiger partial charge on any atom is -0.453 e. The zero-order valence-electron chi connectivity index (χ0n) is 26.9. The number of aromatic nitrogens is 4. The smallest absolute Gasteiger partial charge is 0.164 e. The molecule has 7 aromatic carbocycles. The van der Waals surface area contributed by atoms with Gasteiger partial charge in [-0.15, -0.1) is 0 Å². The largest absolute Gasteiger partial charge is 0.453 e. The van der Waals surface area contributed by atoms with E-state index in [1.54, 1.807) is 0 Å². The molecule has 10 aromatic rings. The van der Waals surface area contributed by atoms with Crippen LogP contribution < -0.4 is 0 Å². The van der Waals surface area contributed by atoms with E-state index in [1.165, 1.54) is 5.39 Å². The summed E-state index contributed by atoms with van der Waals surface area (Å²) in [6.07, 6.45) is 0. The molecule has 5 nitrogen and oxygen atoms in total. The Morgan fingerprint density at radius 3 is 1.56 bits per heavy atom. The minimum atomic E-state index is 0.591. The summed E-state index contributed by atoms with van der Waals surface area (Å²) in [6.45, 7) is 0. The first-order valence-electron chi connectivity index (χ1n) is 16.7. The third kappa shape index (κ3) is 4.45. The van der Waals surface area contributed by atoms with Crippen molar-refractivity contribution in [2.45, 2.75) is 0 Å². The van der Waals surface area contributed by atoms with Gasteiger partial charge in [0.05, 0.1) is 11.0 Å². The molecule has 0 atom stereocenters. The van der Waals surface area contributed by atoms with Crippen LogP contribution in [0.1, 0.15) is 0 Å². The summed E-state index contributed by atoms with van der Waals surface area (Å²) in [4.78, 5) is 15.2. The van der Waals surface area contributed by atoms with Crippen molar-refractivity contribution in [3.05, 3.63) is 170 Å². The van der Waals surface area contributed by atoms with E-state index in [0.717, 1.165) is 71.9 Å². The Kier molecular flexibility index (Phi) is 6.42. The maximum atomic E-state index is 7.14. The maximum Gasteiger partial charge on any atom is 0.164 e. The second kappa shape index (κ2) is 11.4. The topological polar surface area (TPSA) is 56.7 Å². The quantitative estimate of drug-likeness (QED) is 0.188. The molecule has 0 unspecified atom stereocenters. The van der Waals surface area contributed by atoms with Crippen molar-refractivity contribution < 1.29 is 4.42 Å². The highest BCUT2D eigenvalue weighted by Crippen LogP contribution is 2.45. The predicted octanol–water partition coefficient (Wildman–Crippen LogP) is 11.5. The Balaban J connectivity index is 1.34. The zero-order valence-corrected chi connectivity index (χ0v) is 26.9. The zero-order chi connectivity index (χ0) is 33.0. The Morgan fingerprint density at radius 1 is 0.380 bits per heavy atom. The van der Waals surface area contributed by atoms with E-state index in [-0.39, 0.29) is 0 Å². The highest BCUT2D eigenvalue weighted by atomic mass is 16.3. The van der Waals surface area contributed by atoms with Crippen LogP contribution in [0.3, 0.4) is 0 Å². The number of benzene rings is 7. The Labute approximate surface area is 287 Å². The summed E-state index contributed by atoms with van der Waals surface area (Å²) in [6, 6.07) is 58.4. The first-order chi connectivity index (χ1) is 24.8. The molecule has 0 bridgehead atoms. The van der Waals surface area contributed by atoms with Gasteiger partial charge in [0.2, 0.25) is 0 Å². The molecule has 3 aromatic heterocycles. The van der Waals surface area contributed by atoms with Crippen molar-refractivity contribution in [2.75, 3.05) is 0 Å². The molecular formula is C45H28N4O. The molecule has 234 valence electrons. The van der Waals surface area contributed by atoms with Crippen LogP contribution in [-0.4, -0.2) is 19.5 Å². The molecule has 0 aliphatic heterocycles. The second-order valence-corrected chi connectivity index (χ2v) is 12.4. The van der Waals surface area contributed by atoms with Crippen LogP contribution in [0.25, 0.3) is 94.7 Å². The summed E-state index contributed by atoms with van der Waals surface area (Å²) < 4.78 is 9.46. The molecule has 10 rings (SSSR count). The summed E-state index contributed by atoms with van der Waals surface area (Å²) in [7, 11) is 0. The van der Waals surface area contributed by atoms with Crippen molar-refractivity contribution in [1.29, 1.82) is 0 Å². The van der Waals surface area contributed by atoms with Crippen molar-refractivity contribution in [3.63, 3.8) is 0 Å². The number of furan rings is 1. The number of hydrogen-bond acceptors (Lipinski definition) is 4. The van der Waals surface area contributed by atoms with Gasteiger partial charge < -0.3 is 8.98 Å². The van der Waals surface area contributed by atoms with E-state index in [1.807, 2.05) is 66.7 Å². The van der Waals surface area contributed by atoms with Crippen molar-refractivity contribution in [3.8, 4) is 51.0 Å². The van der Waals surface area contributed by atoms with Gasteiger partial charge >= 0.3 is 0 Å². The van der Waals surface area contributed by atoms with Gasteiger partial charge in [-0.25, -0.2) is 15.0 Å². The third-order valence-electron chi connectivity index (χ3n) is 9.46. The first-order valence-corrected chi connectivity index (χ1v) is 16.7. The number of rotatable bonds is 5. The van der Waals surface area contributed by atoms with E-state index < -0.39 is 0 Å². The van der Waals surface area contributed by atoms with Crippen LogP contribution in [0.5, 0.6) is 0 Å². The molecular weight excluding hydrogens is 613 g/mol. The summed E-state index contributed by atoms with van der Waals surface area (Å²) in [5.74, 6) is 1.83. The lowest BCUT2D eigenvalue weighted by atomic mass is 9.97. The first kappa shape index (κ1) is 28.2. The van der Waals surface area contributed by atoms with Gasteiger partial charge in [-0.3, -0.25) is 0 Å². The molecule has 0 saturated heterocycles. The van der Waals surface area contributed by atoms with Crippen LogP contribution in [0, 0.1) is 0 Å². The van der Waals surface area contributed by atoms with Gasteiger partial charge in [0.25, 0.3) is 0 Å². The molecule has 0 radical (unpaired) electrons. The second-order valence-electron chi connectivity index (χ2n) is 12.4. The van der Waals surface area contributed by atoms with Gasteiger partial charge in [-0.1, -0.05) is 133 Å². The molecule has 0 aliphatic carbocycles. The van der Waals surface area contributed by atoms with Crippen molar-refractivity contribution in [1.82, 2.24) is 19.5 Å². The molecule has 0 saturated carbocycles. The lowest BCUT2D eigenvalue weighted by Crippen LogP contribution is -2.00. The summed E-state index contributed by atoms with van der Waals surface area (Å²) in [5, 5.41) is 4.28. The molecule has 0 fully saturated rings. The highest BCUT2D eigenvalue weighted by Gasteiger charge is 2.24. The minimum absolute atomic E-state index is 0.591. The fraction of sp³-hybridized carbons (Fsp3) is 0. The van der Waals surface area contributed by atoms with E-state index in [9.17, 15) is 0 Å². The molecule has 50 heavy (non-hydrogen) atoms. The van der Waals surface area contributed by atoms with Crippen LogP contribution >= 0.6 is 0 Å². The molecule has 0 spiro atoms. The normalized spacial score (nSPS) is 11.6. The van der Waals surface area contributed by atoms with Crippen LogP contribution in [0.2, 0.25) is 0 Å². The van der Waals surface area contributed by atoms with Gasteiger partial charge in [-0.2, -0.15) is 0 Å².